The molecule has 17 heavy (non-hydrogen) atoms. The summed E-state index contributed by atoms with van der Waals surface area (Å²) in [6.45, 7) is 2.36. The van der Waals surface area contributed by atoms with Crippen LogP contribution in [0.5, 0.6) is 5.75 Å². The monoisotopic (exact) mass is 232 g/mol. The predicted octanol–water partition coefficient (Wildman–Crippen LogP) is 1.41. The van der Waals surface area contributed by atoms with Crippen LogP contribution in [0.3, 0.4) is 0 Å². The summed E-state index contributed by atoms with van der Waals surface area (Å²) in [7, 11) is 1.83. The van der Waals surface area contributed by atoms with E-state index in [1.807, 2.05) is 44.4 Å². The largest absolute Gasteiger partial charge is 0.487 e. The molecule has 1 heterocycles. The molecular weight excluding hydrogens is 216 g/mol. The average molecular weight is 232 g/mol. The number of ether oxygens (including phenoxy) is 1. The average Bonchev–Trinajstić information content (AvgIpc) is 2.73. The zero-order chi connectivity index (χ0) is 12.3. The molecule has 1 aromatic carbocycles. The predicted molar refractivity (Wildman–Crippen MR) is 64.4 cm³/mol. The molecule has 1 atom stereocenters. The molecule has 2 aromatic rings. The van der Waals surface area contributed by atoms with Crippen LogP contribution in [0.15, 0.2) is 30.5 Å². The second kappa shape index (κ2) is 4.97. The maximum Gasteiger partial charge on any atom is 0.134 e. The van der Waals surface area contributed by atoms with Crippen molar-refractivity contribution in [2.24, 2.45) is 12.8 Å². The fourth-order valence-corrected chi connectivity index (χ4v) is 1.51. The first kappa shape index (κ1) is 11.6. The van der Waals surface area contributed by atoms with Crippen molar-refractivity contribution in [3.63, 3.8) is 0 Å². The number of hydrogen-bond acceptors (Lipinski definition) is 4. The standard InChI is InChI=1S/C12H16N4O/c1-9(13)10-4-3-5-12(6-10)17-8-11-7-16(2)15-14-11/h3-7,9H,8,13H2,1-2H3. The molecule has 0 spiro atoms. The summed E-state index contributed by atoms with van der Waals surface area (Å²) < 4.78 is 7.27. The highest BCUT2D eigenvalue weighted by Gasteiger charge is 2.03. The SMILES string of the molecule is CC(N)c1cccc(OCc2cn(C)nn2)c1. The molecule has 2 N–H and O–H groups in total. The fourth-order valence-electron chi connectivity index (χ4n) is 1.51. The van der Waals surface area contributed by atoms with Crippen molar-refractivity contribution in [2.45, 2.75) is 19.6 Å². The van der Waals surface area contributed by atoms with Gasteiger partial charge in [0.25, 0.3) is 0 Å². The topological polar surface area (TPSA) is 66.0 Å². The van der Waals surface area contributed by atoms with E-state index in [9.17, 15) is 0 Å². The summed E-state index contributed by atoms with van der Waals surface area (Å²) in [5, 5.41) is 7.79. The molecule has 1 unspecified atom stereocenters. The highest BCUT2D eigenvalue weighted by Crippen LogP contribution is 2.18. The molecule has 90 valence electrons. The first-order chi connectivity index (χ1) is 8.15. The van der Waals surface area contributed by atoms with Crippen molar-refractivity contribution >= 4 is 0 Å². The first-order valence-electron chi connectivity index (χ1n) is 5.48. The molecule has 5 nitrogen and oxygen atoms in total. The molecular formula is C12H16N4O. The number of rotatable bonds is 4. The third kappa shape index (κ3) is 3.04. The van der Waals surface area contributed by atoms with Crippen LogP contribution in [0.25, 0.3) is 0 Å². The molecule has 0 aliphatic carbocycles. The lowest BCUT2D eigenvalue weighted by Gasteiger charge is -2.08. The Morgan fingerprint density at radius 2 is 2.29 bits per heavy atom. The van der Waals surface area contributed by atoms with E-state index in [2.05, 4.69) is 10.3 Å². The number of nitrogens with zero attached hydrogens (tertiary/aromatic N) is 3. The van der Waals surface area contributed by atoms with Crippen molar-refractivity contribution in [1.29, 1.82) is 0 Å². The second-order valence-corrected chi connectivity index (χ2v) is 4.03. The maximum absolute atomic E-state index is 5.81. The summed E-state index contributed by atoms with van der Waals surface area (Å²) >= 11 is 0. The van der Waals surface area contributed by atoms with Gasteiger partial charge in [0.1, 0.15) is 18.1 Å². The summed E-state index contributed by atoms with van der Waals surface area (Å²) in [4.78, 5) is 0. The van der Waals surface area contributed by atoms with Gasteiger partial charge in [0.2, 0.25) is 0 Å². The molecule has 2 rings (SSSR count). The van der Waals surface area contributed by atoms with Gasteiger partial charge in [-0.2, -0.15) is 0 Å². The van der Waals surface area contributed by atoms with Crippen LogP contribution in [0.4, 0.5) is 0 Å². The van der Waals surface area contributed by atoms with Crippen molar-refractivity contribution in [1.82, 2.24) is 15.0 Å². The van der Waals surface area contributed by atoms with Crippen molar-refractivity contribution in [3.8, 4) is 5.75 Å². The van der Waals surface area contributed by atoms with Crippen LogP contribution in [0.1, 0.15) is 24.2 Å². The van der Waals surface area contributed by atoms with Gasteiger partial charge in [-0.3, -0.25) is 4.68 Å². The van der Waals surface area contributed by atoms with Gasteiger partial charge in [-0.1, -0.05) is 17.3 Å². The zero-order valence-electron chi connectivity index (χ0n) is 10.00. The molecule has 0 saturated heterocycles. The number of hydrogen-bond donors (Lipinski definition) is 1. The fraction of sp³-hybridized carbons (Fsp3) is 0.333. The third-order valence-electron chi connectivity index (χ3n) is 2.42. The summed E-state index contributed by atoms with van der Waals surface area (Å²) in [5.74, 6) is 0.797. The van der Waals surface area contributed by atoms with Gasteiger partial charge in [0.05, 0.1) is 6.20 Å². The Morgan fingerprint density at radius 1 is 1.47 bits per heavy atom. The minimum atomic E-state index is 0.00932. The van der Waals surface area contributed by atoms with E-state index in [0.29, 0.717) is 6.61 Å². The Morgan fingerprint density at radius 3 is 2.94 bits per heavy atom. The highest BCUT2D eigenvalue weighted by molar-refractivity contribution is 5.30. The molecule has 0 saturated carbocycles. The smallest absolute Gasteiger partial charge is 0.134 e. The van der Waals surface area contributed by atoms with Crippen molar-refractivity contribution in [2.75, 3.05) is 0 Å². The third-order valence-corrected chi connectivity index (χ3v) is 2.42. The van der Waals surface area contributed by atoms with E-state index in [0.717, 1.165) is 17.0 Å². The number of aryl methyl sites for hydroxylation is 1. The zero-order valence-corrected chi connectivity index (χ0v) is 10.00. The van der Waals surface area contributed by atoms with Gasteiger partial charge in [0.15, 0.2) is 0 Å². The Bertz CT molecular complexity index is 493. The number of nitrogens with two attached hydrogens (primary N) is 1. The highest BCUT2D eigenvalue weighted by atomic mass is 16.5. The Labute approximate surface area is 100 Å². The van der Waals surface area contributed by atoms with Crippen molar-refractivity contribution < 1.29 is 4.74 Å². The molecule has 0 aliphatic heterocycles. The number of benzene rings is 1. The molecule has 0 amide bonds. The normalized spacial score (nSPS) is 12.4. The van der Waals surface area contributed by atoms with Gasteiger partial charge in [0, 0.05) is 13.1 Å². The van der Waals surface area contributed by atoms with Crippen molar-refractivity contribution in [3.05, 3.63) is 41.7 Å². The Hall–Kier alpha value is -1.88. The lowest BCUT2D eigenvalue weighted by atomic mass is 10.1. The molecule has 1 aromatic heterocycles. The molecule has 0 bridgehead atoms. The van der Waals surface area contributed by atoms with E-state index in [4.69, 9.17) is 10.5 Å². The molecule has 0 fully saturated rings. The van der Waals surface area contributed by atoms with Crippen LogP contribution in [0, 0.1) is 0 Å². The molecule has 0 aliphatic rings. The Balaban J connectivity index is 2.01. The lowest BCUT2D eigenvalue weighted by Crippen LogP contribution is -2.05. The van der Waals surface area contributed by atoms with Crippen LogP contribution < -0.4 is 10.5 Å². The molecule has 0 radical (unpaired) electrons. The first-order valence-corrected chi connectivity index (χ1v) is 5.48. The van der Waals surface area contributed by atoms with Crippen LogP contribution in [-0.4, -0.2) is 15.0 Å². The van der Waals surface area contributed by atoms with E-state index in [1.54, 1.807) is 4.68 Å². The second-order valence-electron chi connectivity index (χ2n) is 4.03. The minimum absolute atomic E-state index is 0.00932. The van der Waals surface area contributed by atoms with Crippen LogP contribution in [-0.2, 0) is 13.7 Å². The number of aromatic nitrogens is 3. The van der Waals surface area contributed by atoms with E-state index in [1.165, 1.54) is 0 Å². The quantitative estimate of drug-likeness (QED) is 0.865. The van der Waals surface area contributed by atoms with Gasteiger partial charge in [-0.25, -0.2) is 0 Å². The lowest BCUT2D eigenvalue weighted by molar-refractivity contribution is 0.300. The van der Waals surface area contributed by atoms with Gasteiger partial charge in [-0.15, -0.1) is 5.10 Å². The van der Waals surface area contributed by atoms with E-state index >= 15 is 0 Å². The van der Waals surface area contributed by atoms with Gasteiger partial charge >= 0.3 is 0 Å². The summed E-state index contributed by atoms with van der Waals surface area (Å²) in [5.41, 5.74) is 7.67. The van der Waals surface area contributed by atoms with E-state index < -0.39 is 0 Å². The van der Waals surface area contributed by atoms with Crippen LogP contribution in [0.2, 0.25) is 0 Å². The van der Waals surface area contributed by atoms with Gasteiger partial charge in [-0.05, 0) is 24.6 Å². The Kier molecular flexibility index (Phi) is 3.39. The summed E-state index contributed by atoms with van der Waals surface area (Å²) in [6, 6.07) is 7.78. The van der Waals surface area contributed by atoms with Gasteiger partial charge < -0.3 is 10.5 Å². The summed E-state index contributed by atoms with van der Waals surface area (Å²) in [6.07, 6.45) is 1.83. The maximum atomic E-state index is 5.81. The minimum Gasteiger partial charge on any atom is -0.487 e. The molecule has 5 heteroatoms. The van der Waals surface area contributed by atoms with E-state index in [-0.39, 0.29) is 6.04 Å². The van der Waals surface area contributed by atoms with Crippen LogP contribution >= 0.6 is 0 Å².